The van der Waals surface area contributed by atoms with Gasteiger partial charge in [0.25, 0.3) is 5.79 Å². The zero-order valence-electron chi connectivity index (χ0n) is 61.0. The van der Waals surface area contributed by atoms with Crippen molar-refractivity contribution in [1.82, 2.24) is 16.0 Å². The summed E-state index contributed by atoms with van der Waals surface area (Å²) in [5.41, 5.74) is 0. The van der Waals surface area contributed by atoms with Gasteiger partial charge in [-0.15, -0.1) is 0 Å². The van der Waals surface area contributed by atoms with Crippen LogP contribution in [0.15, 0.2) is 0 Å². The van der Waals surface area contributed by atoms with Gasteiger partial charge in [0.05, 0.1) is 65.1 Å². The fourth-order valence-electron chi connectivity index (χ4n) is 14.5. The fraction of sp³-hybridized carbons (Fsp3) is 0.937. The van der Waals surface area contributed by atoms with E-state index in [9.17, 15) is 157 Å². The molecular formula is C63H105N3O48. The Morgan fingerprint density at radius 3 is 1.26 bits per heavy atom. The number of aliphatic carboxylic acids is 1. The van der Waals surface area contributed by atoms with Crippen molar-refractivity contribution in [2.24, 2.45) is 0 Å². The molecule has 9 aliphatic heterocycles. The van der Waals surface area contributed by atoms with E-state index >= 15 is 0 Å². The highest BCUT2D eigenvalue weighted by Crippen LogP contribution is 2.41. The molecule has 51 heteroatoms. The highest BCUT2D eigenvalue weighted by Gasteiger charge is 2.62. The van der Waals surface area contributed by atoms with Crippen LogP contribution in [-0.2, 0) is 99.7 Å². The second kappa shape index (κ2) is 40.2. The van der Waals surface area contributed by atoms with Gasteiger partial charge in [-0.05, 0) is 6.92 Å². The van der Waals surface area contributed by atoms with Crippen molar-refractivity contribution in [2.45, 2.75) is 316 Å². The summed E-state index contributed by atoms with van der Waals surface area (Å²) in [4.78, 5) is 51.3. The number of hydrogen-bond donors (Lipinski definition) is 30. The highest BCUT2D eigenvalue weighted by molar-refractivity contribution is 5.76. The van der Waals surface area contributed by atoms with Crippen molar-refractivity contribution in [3.05, 3.63) is 0 Å². The fourth-order valence-corrected chi connectivity index (χ4v) is 14.5. The minimum absolute atomic E-state index is 0.826. The van der Waals surface area contributed by atoms with E-state index in [1.54, 1.807) is 0 Å². The second-order valence-electron chi connectivity index (χ2n) is 28.9. The molecule has 0 radical (unpaired) electrons. The standard InChI is InChI=1S/C63H105N3O48/c1-14-30(77)40(87)44(91)57(101-14)99-12-26-50(37(84)27(54(95)102-26)64-15(2)72)109-55-28(65-16(3)73)38(85)49(23(10-71)105-55)111-60-47(94)51(36(83)24(107-60)11-98-58-45(92)41(88)33(80)20(7-68)103-58)112-61-53(43(90)34(81)21(8-69)104-61)113-56-29(66-17(4)74)39(86)48(22(9-70)106-56)110-59-46(93)42(89)35(82)25(108-59)13-100-63(62(96)97)5-18(75)31(78)52(114-63)32(79)19(76)6-67/h14,18-61,67-71,75-95H,5-13H2,1-4H3,(H,64,72)(H,65,73)(H,66,74)(H,96,97)/t14-,18-,19+,20+,21+,22+,23+,24+,25+,26+,27+,28+,29+,30+,31+,32+,33+,34+,35-,36+,37+,38+,39+,40+,41-,42-,43-,44-,45-,46+,47-,48+,49+,50+,51-,52+,53-,54+,55-,56-,57+,58-,59-,60-,61+,63+/m0/s1. The number of hydrogen-bond acceptors (Lipinski definition) is 47. The minimum atomic E-state index is -3.07. The van der Waals surface area contributed by atoms with E-state index in [0.717, 1.165) is 20.8 Å². The zero-order chi connectivity index (χ0) is 84.3. The molecule has 9 saturated heterocycles. The number of carboxylic acid groups (broad SMARTS) is 1. The van der Waals surface area contributed by atoms with Crippen molar-refractivity contribution < 1.29 is 238 Å². The van der Waals surface area contributed by atoms with Gasteiger partial charge in [0, 0.05) is 27.2 Å². The third-order valence-electron chi connectivity index (χ3n) is 20.9. The third-order valence-corrected chi connectivity index (χ3v) is 20.9. The van der Waals surface area contributed by atoms with Crippen LogP contribution in [0.5, 0.6) is 0 Å². The average Bonchev–Trinajstić information content (AvgIpc) is 0.770. The Labute approximate surface area is 644 Å². The Hall–Kier alpha value is -3.84. The maximum atomic E-state index is 13.1. The number of carbonyl (C=O) groups excluding carboxylic acids is 3. The van der Waals surface area contributed by atoms with Gasteiger partial charge in [-0.25, -0.2) is 4.79 Å². The Morgan fingerprint density at radius 2 is 0.763 bits per heavy atom. The van der Waals surface area contributed by atoms with Gasteiger partial charge < -0.3 is 234 Å². The van der Waals surface area contributed by atoms with Crippen molar-refractivity contribution in [3.8, 4) is 0 Å². The molecule has 0 saturated carbocycles. The lowest BCUT2D eigenvalue weighted by atomic mass is 9.90. The molecule has 30 N–H and O–H groups in total. The van der Waals surface area contributed by atoms with Gasteiger partial charge in [0.1, 0.15) is 213 Å². The van der Waals surface area contributed by atoms with Crippen molar-refractivity contribution in [3.63, 3.8) is 0 Å². The van der Waals surface area contributed by atoms with E-state index in [1.807, 2.05) is 0 Å². The Bertz CT molecular complexity index is 3060. The lowest BCUT2D eigenvalue weighted by molar-refractivity contribution is -0.398. The zero-order valence-corrected chi connectivity index (χ0v) is 61.0. The first kappa shape index (κ1) is 94.0. The van der Waals surface area contributed by atoms with E-state index in [2.05, 4.69) is 16.0 Å². The molecule has 0 aromatic heterocycles. The second-order valence-corrected chi connectivity index (χ2v) is 28.9. The van der Waals surface area contributed by atoms with Crippen LogP contribution in [0.2, 0.25) is 0 Å². The van der Waals surface area contributed by atoms with Crippen molar-refractivity contribution in [1.29, 1.82) is 0 Å². The first-order valence-corrected chi connectivity index (χ1v) is 36.1. The summed E-state index contributed by atoms with van der Waals surface area (Å²) in [6.07, 6.45) is -89.1. The van der Waals surface area contributed by atoms with Gasteiger partial charge in [-0.3, -0.25) is 14.4 Å². The molecule has 3 amide bonds. The molecule has 9 rings (SSSR count). The van der Waals surface area contributed by atoms with Crippen LogP contribution in [0, 0.1) is 0 Å². The lowest BCUT2D eigenvalue weighted by Crippen LogP contribution is -2.71. The first-order valence-electron chi connectivity index (χ1n) is 36.1. The molecule has 9 fully saturated rings. The molecule has 0 spiro atoms. The summed E-state index contributed by atoms with van der Waals surface area (Å²) in [6.45, 7) is -4.76. The molecule has 0 bridgehead atoms. The van der Waals surface area contributed by atoms with E-state index < -0.39 is 365 Å². The van der Waals surface area contributed by atoms with E-state index in [-0.39, 0.29) is 0 Å². The normalized spacial score (nSPS) is 48.9. The molecule has 0 aliphatic carbocycles. The summed E-state index contributed by atoms with van der Waals surface area (Å²) in [5.74, 6) is -7.92. The molecular weight excluding hydrogens is 1570 g/mol. The predicted octanol–water partition coefficient (Wildman–Crippen LogP) is -20.0. The predicted molar refractivity (Wildman–Crippen MR) is 348 cm³/mol. The number of rotatable bonds is 30. The van der Waals surface area contributed by atoms with Crippen LogP contribution in [0.1, 0.15) is 34.1 Å². The van der Waals surface area contributed by atoms with Gasteiger partial charge >= 0.3 is 5.97 Å². The number of nitrogens with one attached hydrogen (secondary N) is 3. The number of aliphatic hydroxyl groups excluding tert-OH is 26. The van der Waals surface area contributed by atoms with E-state index in [4.69, 9.17) is 80.5 Å². The quantitative estimate of drug-likeness (QED) is 0.0318. The molecule has 0 aromatic carbocycles. The van der Waals surface area contributed by atoms with Crippen molar-refractivity contribution >= 4 is 23.7 Å². The number of carboxylic acids is 1. The van der Waals surface area contributed by atoms with Crippen LogP contribution in [0.4, 0.5) is 0 Å². The van der Waals surface area contributed by atoms with E-state index in [1.165, 1.54) is 6.92 Å². The summed E-state index contributed by atoms with van der Waals surface area (Å²) in [6, 6.07) is -5.75. The van der Waals surface area contributed by atoms with Gasteiger partial charge in [-0.2, -0.15) is 0 Å². The van der Waals surface area contributed by atoms with Crippen LogP contribution < -0.4 is 16.0 Å². The molecule has 660 valence electrons. The third kappa shape index (κ3) is 20.5. The lowest BCUT2D eigenvalue weighted by Gasteiger charge is -2.51. The average molecular weight is 1670 g/mol. The van der Waals surface area contributed by atoms with Crippen LogP contribution >= 0.6 is 0 Å². The topological polar surface area (TPSA) is 807 Å². The number of carbonyl (C=O) groups is 4. The molecule has 51 nitrogen and oxygen atoms in total. The molecule has 9 heterocycles. The maximum Gasteiger partial charge on any atom is 0.364 e. The summed E-state index contributed by atoms with van der Waals surface area (Å²) >= 11 is 0. The molecule has 0 unspecified atom stereocenters. The van der Waals surface area contributed by atoms with Crippen LogP contribution in [-0.4, -0.2) is 496 Å². The number of amides is 3. The number of aliphatic hydroxyl groups is 26. The van der Waals surface area contributed by atoms with Crippen LogP contribution in [0.25, 0.3) is 0 Å². The molecule has 114 heavy (non-hydrogen) atoms. The maximum absolute atomic E-state index is 13.1. The minimum Gasteiger partial charge on any atom is -0.477 e. The molecule has 0 aromatic rings. The Morgan fingerprint density at radius 1 is 0.377 bits per heavy atom. The first-order chi connectivity index (χ1) is 53.7. The molecule has 46 atom stereocenters. The van der Waals surface area contributed by atoms with Gasteiger partial charge in [-0.1, -0.05) is 0 Å². The van der Waals surface area contributed by atoms with Gasteiger partial charge in [0.15, 0.2) is 50.3 Å². The molecule has 9 aliphatic rings. The monoisotopic (exact) mass is 1670 g/mol. The Kier molecular flexibility index (Phi) is 33.2. The number of ether oxygens (including phenoxy) is 17. The van der Waals surface area contributed by atoms with E-state index in [0.29, 0.717) is 0 Å². The summed E-state index contributed by atoms with van der Waals surface area (Å²) in [7, 11) is 0. The van der Waals surface area contributed by atoms with Crippen LogP contribution in [0.3, 0.4) is 0 Å². The highest BCUT2D eigenvalue weighted by atomic mass is 16.8. The summed E-state index contributed by atoms with van der Waals surface area (Å²) < 4.78 is 99.2. The Balaban J connectivity index is 0.984. The SMILES string of the molecule is CC(=O)N[C@@H]1[C@@H](O)[C@H](O[C@@H]2O[C@H](CO)[C@@H](O[C@@H]3O[C@H](CO[C@H]4O[C@H](CO)[C@@H](O)[C@H](O)[C@@H]4O)[C@@H](O)[C@H](O[C@H]4O[C@H](CO)[C@@H](O)[C@H](O)[C@@H]4O[C@@H]4O[C@H](CO)[C@@H](O[C@@H]5O[C@H](CO[C@]6(C(=O)O)C[C@H](O)[C@@H](O)[C@H]([C@H](O)[C@H](O)CO)O6)[C@H](O)[C@H](O)[C@H]5O)[C@H](O)[C@H]4NC(C)=O)[C@@H]3O)[C@H](O)[C@H]2NC(C)=O)[C@@H](CO[C@@H]2O[C@@H](C)[C@@H](O)[C@@H](O)[C@@H]2O)O[C@H]1O. The largest absolute Gasteiger partial charge is 0.477 e. The smallest absolute Gasteiger partial charge is 0.364 e. The summed E-state index contributed by atoms with van der Waals surface area (Å²) in [5, 5.41) is 304. The van der Waals surface area contributed by atoms with Gasteiger partial charge in [0.2, 0.25) is 17.7 Å². The van der Waals surface area contributed by atoms with Crippen molar-refractivity contribution in [2.75, 3.05) is 52.9 Å².